The summed E-state index contributed by atoms with van der Waals surface area (Å²) in [6, 6.07) is 10.5. The van der Waals surface area contributed by atoms with Gasteiger partial charge in [-0.15, -0.1) is 0 Å². The largest absolute Gasteiger partial charge is 0.463 e. The second kappa shape index (κ2) is 13.4. The Bertz CT molecular complexity index is 1380. The van der Waals surface area contributed by atoms with Crippen LogP contribution in [0.3, 0.4) is 0 Å². The van der Waals surface area contributed by atoms with Gasteiger partial charge in [0.05, 0.1) is 0 Å². The van der Waals surface area contributed by atoms with Crippen molar-refractivity contribution in [3.63, 3.8) is 0 Å². The minimum absolute atomic E-state index is 0.0937. The van der Waals surface area contributed by atoms with E-state index in [4.69, 9.17) is 23.7 Å². The number of carbonyl (C=O) groups excluding carboxylic acids is 4. The Morgan fingerprint density at radius 3 is 1.98 bits per heavy atom. The number of carbonyl (C=O) groups is 4. The Balaban J connectivity index is 2.09. The van der Waals surface area contributed by atoms with Gasteiger partial charge in [-0.3, -0.25) is 24.0 Å². The van der Waals surface area contributed by atoms with Crippen molar-refractivity contribution in [3.05, 3.63) is 56.4 Å². The van der Waals surface area contributed by atoms with Gasteiger partial charge in [-0.1, -0.05) is 28.1 Å². The van der Waals surface area contributed by atoms with Gasteiger partial charge in [-0.25, -0.2) is 0 Å². The third kappa shape index (κ3) is 7.77. The summed E-state index contributed by atoms with van der Waals surface area (Å²) < 4.78 is 28.3. The molecular weight excluding hydrogens is 592 g/mol. The lowest BCUT2D eigenvalue weighted by Gasteiger charge is -2.44. The second-order valence-corrected chi connectivity index (χ2v) is 9.89. The van der Waals surface area contributed by atoms with Gasteiger partial charge in [0.1, 0.15) is 30.4 Å². The highest BCUT2D eigenvalue weighted by atomic mass is 79.9. The van der Waals surface area contributed by atoms with Crippen molar-refractivity contribution in [1.82, 2.24) is 4.98 Å². The number of ether oxygens (including phenoxy) is 5. The van der Waals surface area contributed by atoms with Crippen LogP contribution in [0.2, 0.25) is 0 Å². The monoisotopic (exact) mass is 618 g/mol. The lowest BCUT2D eigenvalue weighted by atomic mass is 9.91. The van der Waals surface area contributed by atoms with Crippen LogP contribution in [-0.2, 0) is 49.3 Å². The normalized spacial score (nSPS) is 21.9. The van der Waals surface area contributed by atoms with E-state index in [0.717, 1.165) is 25.2 Å². The third-order valence-corrected chi connectivity index (χ3v) is 6.39. The van der Waals surface area contributed by atoms with Crippen LogP contribution in [0.25, 0.3) is 11.1 Å². The molecule has 1 aromatic carbocycles. The maximum atomic E-state index is 12.9. The van der Waals surface area contributed by atoms with E-state index in [1.165, 1.54) is 6.92 Å². The van der Waals surface area contributed by atoms with Gasteiger partial charge in [0.2, 0.25) is 0 Å². The summed E-state index contributed by atoms with van der Waals surface area (Å²) in [5.41, 5.74) is 0.520. The minimum Gasteiger partial charge on any atom is -0.463 e. The Labute approximate surface area is 237 Å². The van der Waals surface area contributed by atoms with E-state index in [1.54, 1.807) is 30.3 Å². The SMILES string of the molecule is CC(=O)OC[C@H]1O[C@@H](Cc2cc(-c3ccc(Br)cc3)c(C#N)c(=O)[nH]2)[C@H](OC(C)=O)[C@@H](OC(C)=O)[C@@H]1OC(C)=O. The molecule has 40 heavy (non-hydrogen) atoms. The number of pyridine rings is 1. The molecule has 0 spiro atoms. The number of nitriles is 1. The summed E-state index contributed by atoms with van der Waals surface area (Å²) in [5.74, 6) is -2.87. The van der Waals surface area contributed by atoms with Crippen molar-refractivity contribution in [2.45, 2.75) is 64.6 Å². The number of esters is 4. The highest BCUT2D eigenvalue weighted by Crippen LogP contribution is 2.32. The van der Waals surface area contributed by atoms with Gasteiger partial charge in [-0.2, -0.15) is 5.26 Å². The Morgan fingerprint density at radius 1 is 0.900 bits per heavy atom. The molecule has 3 rings (SSSR count). The van der Waals surface area contributed by atoms with Crippen molar-refractivity contribution in [3.8, 4) is 17.2 Å². The molecule has 13 heteroatoms. The summed E-state index contributed by atoms with van der Waals surface area (Å²) >= 11 is 3.35. The Morgan fingerprint density at radius 2 is 1.45 bits per heavy atom. The highest BCUT2D eigenvalue weighted by molar-refractivity contribution is 9.10. The van der Waals surface area contributed by atoms with Gasteiger partial charge in [-0.05, 0) is 23.8 Å². The van der Waals surface area contributed by atoms with Gasteiger partial charge in [0.25, 0.3) is 5.56 Å². The number of nitrogens with zero attached hydrogens (tertiary/aromatic N) is 1. The van der Waals surface area contributed by atoms with Crippen molar-refractivity contribution in [2.24, 2.45) is 0 Å². The molecular formula is C27H27BrN2O10. The number of halogens is 1. The van der Waals surface area contributed by atoms with Crippen molar-refractivity contribution >= 4 is 39.8 Å². The molecule has 1 fully saturated rings. The number of aromatic amines is 1. The van der Waals surface area contributed by atoms with Crippen LogP contribution in [0.4, 0.5) is 0 Å². The van der Waals surface area contributed by atoms with E-state index in [2.05, 4.69) is 20.9 Å². The van der Waals surface area contributed by atoms with Crippen LogP contribution in [0.5, 0.6) is 0 Å². The molecule has 212 valence electrons. The quantitative estimate of drug-likeness (QED) is 0.340. The fourth-order valence-electron chi connectivity index (χ4n) is 4.39. The van der Waals surface area contributed by atoms with Crippen LogP contribution < -0.4 is 5.56 Å². The van der Waals surface area contributed by atoms with E-state index >= 15 is 0 Å². The number of nitrogens with one attached hydrogen (secondary N) is 1. The smallest absolute Gasteiger partial charge is 0.303 e. The van der Waals surface area contributed by atoms with Gasteiger partial charge >= 0.3 is 23.9 Å². The van der Waals surface area contributed by atoms with Crippen molar-refractivity contribution in [2.75, 3.05) is 6.61 Å². The van der Waals surface area contributed by atoms with Crippen molar-refractivity contribution in [1.29, 1.82) is 5.26 Å². The molecule has 1 aromatic heterocycles. The first-order chi connectivity index (χ1) is 18.9. The molecule has 0 aliphatic carbocycles. The van der Waals surface area contributed by atoms with E-state index < -0.39 is 60.0 Å². The number of H-pyrrole nitrogens is 1. The fourth-order valence-corrected chi connectivity index (χ4v) is 4.65. The zero-order valence-corrected chi connectivity index (χ0v) is 23.7. The lowest BCUT2D eigenvalue weighted by molar-refractivity contribution is -0.252. The summed E-state index contributed by atoms with van der Waals surface area (Å²) in [7, 11) is 0. The zero-order valence-electron chi connectivity index (χ0n) is 22.1. The minimum atomic E-state index is -1.33. The number of hydrogen-bond donors (Lipinski definition) is 1. The molecule has 1 saturated heterocycles. The van der Waals surface area contributed by atoms with E-state index in [0.29, 0.717) is 16.8 Å². The molecule has 0 saturated carbocycles. The first-order valence-corrected chi connectivity index (χ1v) is 12.9. The molecule has 1 N–H and O–H groups in total. The first-order valence-electron chi connectivity index (χ1n) is 12.1. The number of aromatic nitrogens is 1. The zero-order chi connectivity index (χ0) is 29.6. The predicted octanol–water partition coefficient (Wildman–Crippen LogP) is 2.34. The summed E-state index contributed by atoms with van der Waals surface area (Å²) in [4.78, 5) is 63.1. The molecule has 0 radical (unpaired) electrons. The first kappa shape index (κ1) is 30.5. The maximum Gasteiger partial charge on any atom is 0.303 e. The van der Waals surface area contributed by atoms with Gasteiger partial charge < -0.3 is 28.7 Å². The van der Waals surface area contributed by atoms with E-state index in [9.17, 15) is 29.2 Å². The summed E-state index contributed by atoms with van der Waals surface area (Å²) in [6.45, 7) is 4.21. The predicted molar refractivity (Wildman–Crippen MR) is 141 cm³/mol. The fraction of sp³-hybridized carbons (Fsp3) is 0.407. The van der Waals surface area contributed by atoms with Crippen LogP contribution >= 0.6 is 15.9 Å². The third-order valence-electron chi connectivity index (χ3n) is 5.86. The molecule has 1 aliphatic heterocycles. The van der Waals surface area contributed by atoms with E-state index in [-0.39, 0.29) is 18.6 Å². The van der Waals surface area contributed by atoms with Crippen LogP contribution in [0.1, 0.15) is 39.0 Å². The lowest BCUT2D eigenvalue weighted by Crippen LogP contribution is -2.62. The Kier molecular flexibility index (Phi) is 10.2. The van der Waals surface area contributed by atoms with Crippen LogP contribution in [0, 0.1) is 11.3 Å². The number of benzene rings is 1. The highest BCUT2D eigenvalue weighted by Gasteiger charge is 2.52. The Hall–Kier alpha value is -4.02. The number of rotatable bonds is 8. The molecule has 0 unspecified atom stereocenters. The average molecular weight is 619 g/mol. The molecule has 2 aromatic rings. The molecule has 1 aliphatic rings. The second-order valence-electron chi connectivity index (χ2n) is 8.97. The average Bonchev–Trinajstić information content (AvgIpc) is 2.85. The standard InChI is InChI=1S/C27H27BrN2O10/c1-13(31)36-12-23-25(38-15(3)33)26(39-16(4)34)24(37-14(2)32)22(40-23)10-19-9-20(21(11-29)27(35)30-19)17-5-7-18(28)8-6-17/h5-9,22-26H,10,12H2,1-4H3,(H,30,35)/t22-,23+,24-,25+,26+/m0/s1. The number of hydrogen-bond acceptors (Lipinski definition) is 11. The summed E-state index contributed by atoms with van der Waals surface area (Å²) in [6.07, 6.45) is -6.19. The molecule has 2 heterocycles. The van der Waals surface area contributed by atoms with Crippen molar-refractivity contribution < 1.29 is 42.9 Å². The van der Waals surface area contributed by atoms with Gasteiger partial charge in [0, 0.05) is 49.8 Å². The molecule has 12 nitrogen and oxygen atoms in total. The molecule has 0 amide bonds. The van der Waals surface area contributed by atoms with E-state index in [1.807, 2.05) is 6.07 Å². The van der Waals surface area contributed by atoms with Crippen LogP contribution in [-0.4, -0.2) is 66.0 Å². The molecule has 0 bridgehead atoms. The summed E-state index contributed by atoms with van der Waals surface area (Å²) in [5, 5.41) is 9.63. The topological polar surface area (TPSA) is 171 Å². The molecule has 5 atom stereocenters. The van der Waals surface area contributed by atoms with Gasteiger partial charge in [0.15, 0.2) is 18.3 Å². The maximum absolute atomic E-state index is 12.9. The van der Waals surface area contributed by atoms with Crippen LogP contribution in [0.15, 0.2) is 39.6 Å².